The van der Waals surface area contributed by atoms with Crippen LogP contribution in [0.4, 0.5) is 11.4 Å². The first kappa shape index (κ1) is 51.1. The van der Waals surface area contributed by atoms with Gasteiger partial charge in [0.05, 0.1) is 39.4 Å². The van der Waals surface area contributed by atoms with Gasteiger partial charge in [0.2, 0.25) is 5.69 Å². The van der Waals surface area contributed by atoms with Crippen molar-refractivity contribution in [2.24, 2.45) is 0 Å². The first-order valence-corrected chi connectivity index (χ1v) is 24.6. The number of allylic oxidation sites excluding steroid dienone is 4. The van der Waals surface area contributed by atoms with Crippen LogP contribution in [0, 0.1) is 0 Å². The Labute approximate surface area is 369 Å². The molecule has 64 heavy (non-hydrogen) atoms. The number of anilines is 1. The second-order valence-electron chi connectivity index (χ2n) is 16.2. The van der Waals surface area contributed by atoms with E-state index in [9.17, 15) is 78.2 Å². The number of aromatic carboxylic acids is 2. The topological polar surface area (TPSA) is 339 Å². The molecule has 0 unspecified atom stereocenters. The minimum Gasteiger partial charge on any atom is -0.481 e. The zero-order valence-electron chi connectivity index (χ0n) is 35.3. The fourth-order valence-electron chi connectivity index (χ4n) is 8.01. The number of carboxylic acids is 3. The summed E-state index contributed by atoms with van der Waals surface area (Å²) in [5.41, 5.74) is -1.08. The number of fused-ring (bicyclic) bond motifs is 2. The quantitative estimate of drug-likeness (QED) is 0.0478. The Morgan fingerprint density at radius 1 is 0.672 bits per heavy atom. The minimum absolute atomic E-state index is 0.0942. The van der Waals surface area contributed by atoms with Gasteiger partial charge in [0.1, 0.15) is 6.54 Å². The van der Waals surface area contributed by atoms with E-state index in [1.807, 2.05) is 0 Å². The van der Waals surface area contributed by atoms with E-state index in [-0.39, 0.29) is 59.4 Å². The lowest BCUT2D eigenvalue weighted by Crippen LogP contribution is -2.32. The summed E-state index contributed by atoms with van der Waals surface area (Å²) < 4.78 is 98.6. The predicted octanol–water partition coefficient (Wildman–Crippen LogP) is 2.86. The van der Waals surface area contributed by atoms with Gasteiger partial charge in [-0.15, -0.1) is 0 Å². The maximum absolute atomic E-state index is 13.9. The molecule has 0 aliphatic carbocycles. The Hall–Kier alpha value is -5.53. The Morgan fingerprint density at radius 2 is 1.25 bits per heavy atom. The summed E-state index contributed by atoms with van der Waals surface area (Å²) in [6, 6.07) is 4.98. The summed E-state index contributed by atoms with van der Waals surface area (Å²) in [6.45, 7) is 5.98. The van der Waals surface area contributed by atoms with Gasteiger partial charge in [-0.05, 0) is 51.0 Å². The molecule has 2 aromatic rings. The number of benzene rings is 2. The maximum Gasteiger partial charge on any atom is 0.336 e. The molecule has 0 aromatic heterocycles. The van der Waals surface area contributed by atoms with Crippen LogP contribution in [-0.2, 0) is 46.0 Å². The number of carbonyl (C=O) groups is 5. The Balaban J connectivity index is 1.94. The molecule has 2 aromatic carbocycles. The van der Waals surface area contributed by atoms with Crippen LogP contribution in [0.2, 0.25) is 0 Å². The maximum atomic E-state index is 13.9. The Bertz CT molecular complexity index is 2690. The van der Waals surface area contributed by atoms with Crippen LogP contribution in [0.15, 0.2) is 48.2 Å². The van der Waals surface area contributed by atoms with Crippen LogP contribution < -0.4 is 15.5 Å². The van der Waals surface area contributed by atoms with E-state index in [0.717, 1.165) is 6.07 Å². The number of nitrogens with one attached hydrogen (secondary N) is 2. The molecule has 2 aliphatic heterocycles. The number of carboxylic acid groups (broad SMARTS) is 3. The van der Waals surface area contributed by atoms with E-state index in [2.05, 4.69) is 10.6 Å². The fraction of sp³-hybridized carbons (Fsp3) is 0.450. The highest BCUT2D eigenvalue weighted by molar-refractivity contribution is 7.86. The first-order valence-electron chi connectivity index (χ1n) is 19.7. The molecule has 8 N–H and O–H groups in total. The van der Waals surface area contributed by atoms with Crippen molar-refractivity contribution < 1.29 is 82.8 Å². The predicted molar refractivity (Wildman–Crippen MR) is 232 cm³/mol. The molecule has 0 saturated carbocycles. The second-order valence-corrected chi connectivity index (χ2v) is 20.9. The third-order valence-corrected chi connectivity index (χ3v) is 13.0. The second kappa shape index (κ2) is 19.7. The number of amides is 2. The SMILES string of the molecule is CC1(C)C(/C=C/C=C2/N(CCCCCC(=O)O)c3cc(C(=O)NCCS(=O)(=O)O)cc(C(=O)NCCS(=O)(=O)O)c3C2(C)C)=[N+](CCCS(=O)(=O)O)c2cc(C(=O)O)cc(C(=O)O)c21. The van der Waals surface area contributed by atoms with Gasteiger partial charge in [-0.1, -0.05) is 26.3 Å². The zero-order chi connectivity index (χ0) is 48.2. The lowest BCUT2D eigenvalue weighted by atomic mass is 9.78. The molecule has 350 valence electrons. The third kappa shape index (κ3) is 12.6. The summed E-state index contributed by atoms with van der Waals surface area (Å²) in [7, 11) is -13.4. The van der Waals surface area contributed by atoms with E-state index >= 15 is 0 Å². The summed E-state index contributed by atoms with van der Waals surface area (Å²) in [4.78, 5) is 65.1. The van der Waals surface area contributed by atoms with Crippen molar-refractivity contribution in [1.82, 2.24) is 10.6 Å². The van der Waals surface area contributed by atoms with E-state index < -0.39 is 101 Å². The molecule has 2 heterocycles. The van der Waals surface area contributed by atoms with Crippen LogP contribution in [0.3, 0.4) is 0 Å². The molecule has 4 rings (SSSR count). The highest BCUT2D eigenvalue weighted by Crippen LogP contribution is 2.50. The number of unbranched alkanes of at least 4 members (excludes halogenated alkanes) is 2. The number of hydrogen-bond donors (Lipinski definition) is 8. The molecule has 0 atom stereocenters. The lowest BCUT2D eigenvalue weighted by molar-refractivity contribution is -0.437. The monoisotopic (exact) mass is 955 g/mol. The number of aliphatic carboxylic acids is 1. The summed E-state index contributed by atoms with van der Waals surface area (Å²) in [6.07, 6.45) is 5.80. The van der Waals surface area contributed by atoms with Crippen LogP contribution in [-0.4, -0.2) is 138 Å². The van der Waals surface area contributed by atoms with Gasteiger partial charge in [-0.2, -0.15) is 29.8 Å². The van der Waals surface area contributed by atoms with Crippen molar-refractivity contribution in [1.29, 1.82) is 0 Å². The van der Waals surface area contributed by atoms with Gasteiger partial charge in [-0.25, -0.2) is 9.59 Å². The number of rotatable bonds is 22. The van der Waals surface area contributed by atoms with Gasteiger partial charge < -0.3 is 30.9 Å². The van der Waals surface area contributed by atoms with Crippen LogP contribution >= 0.6 is 0 Å². The van der Waals surface area contributed by atoms with Gasteiger partial charge in [0.15, 0.2) is 5.71 Å². The van der Waals surface area contributed by atoms with Gasteiger partial charge in [0.25, 0.3) is 42.2 Å². The molecule has 0 radical (unpaired) electrons. The summed E-state index contributed by atoms with van der Waals surface area (Å²) in [5, 5.41) is 34.1. The third-order valence-electron chi connectivity index (χ3n) is 10.8. The van der Waals surface area contributed by atoms with Crippen molar-refractivity contribution in [2.75, 3.05) is 48.3 Å². The van der Waals surface area contributed by atoms with Gasteiger partial charge in [-0.3, -0.25) is 28.0 Å². The standard InChI is InChI=1S/C40H50N4O17S3/c1-39(2)30(10-8-11-31-40(3,4)34-27(38(51)52)21-25(37(49)50)23-29(34)44(31)16-9-17-62(53,54)55)43(15-7-5-6-12-32(45)46)28-22-24(35(47)41-13-18-63(56,57)58)20-26(33(28)39)36(48)42-14-19-64(59,60)61/h8,10-11,20-23H,5-7,9,12-19H2,1-4H3,(H7-,41,42,45,46,47,48,49,50,51,52,53,54,55,56,57,58,59,60,61)/p+1. The van der Waals surface area contributed by atoms with E-state index in [4.69, 9.17) is 0 Å². The number of carbonyl (C=O) groups excluding carboxylic acids is 2. The molecule has 0 spiro atoms. The van der Waals surface area contributed by atoms with Crippen molar-refractivity contribution in [2.45, 2.75) is 70.6 Å². The molecule has 21 nitrogen and oxygen atoms in total. The largest absolute Gasteiger partial charge is 0.481 e. The average Bonchev–Trinajstić information content (AvgIpc) is 3.50. The zero-order valence-corrected chi connectivity index (χ0v) is 37.8. The van der Waals surface area contributed by atoms with E-state index in [0.29, 0.717) is 41.9 Å². The molecule has 2 aliphatic rings. The van der Waals surface area contributed by atoms with Crippen LogP contribution in [0.1, 0.15) is 112 Å². The van der Waals surface area contributed by atoms with Crippen LogP contribution in [0.5, 0.6) is 0 Å². The fourth-order valence-corrected chi connectivity index (χ4v) is 9.22. The smallest absolute Gasteiger partial charge is 0.336 e. The summed E-state index contributed by atoms with van der Waals surface area (Å²) in [5.74, 6) is -7.81. The minimum atomic E-state index is -4.50. The highest BCUT2D eigenvalue weighted by atomic mass is 32.2. The van der Waals surface area contributed by atoms with Gasteiger partial charge in [0, 0.05) is 78.1 Å². The summed E-state index contributed by atoms with van der Waals surface area (Å²) >= 11 is 0. The van der Waals surface area contributed by atoms with Crippen molar-refractivity contribution in [3.8, 4) is 0 Å². The average molecular weight is 956 g/mol. The Kier molecular flexibility index (Phi) is 15.7. The molecule has 2 amide bonds. The molecule has 0 saturated heterocycles. The van der Waals surface area contributed by atoms with Crippen molar-refractivity contribution >= 4 is 77.2 Å². The Morgan fingerprint density at radius 3 is 1.80 bits per heavy atom. The van der Waals surface area contributed by atoms with Crippen molar-refractivity contribution in [3.05, 3.63) is 81.6 Å². The van der Waals surface area contributed by atoms with Crippen LogP contribution in [0.25, 0.3) is 0 Å². The highest BCUT2D eigenvalue weighted by Gasteiger charge is 2.48. The first-order chi connectivity index (χ1) is 29.5. The van der Waals surface area contributed by atoms with Gasteiger partial charge >= 0.3 is 17.9 Å². The molecule has 0 bridgehead atoms. The van der Waals surface area contributed by atoms with E-state index in [1.165, 1.54) is 18.2 Å². The molecule has 0 fully saturated rings. The lowest BCUT2D eigenvalue weighted by Gasteiger charge is -2.27. The molecular weight excluding hydrogens is 905 g/mol. The van der Waals surface area contributed by atoms with E-state index in [1.54, 1.807) is 55.4 Å². The normalized spacial score (nSPS) is 16.2. The molecular formula is C40H51N4O17S3+. The number of hydrogen-bond acceptors (Lipinski definition) is 12. The van der Waals surface area contributed by atoms with Crippen molar-refractivity contribution in [3.63, 3.8) is 0 Å². The molecule has 24 heteroatoms. The number of nitrogens with zero attached hydrogens (tertiary/aromatic N) is 2.